The summed E-state index contributed by atoms with van der Waals surface area (Å²) >= 11 is 0. The molecular formula is C19H21N3O5. The van der Waals surface area contributed by atoms with Crippen molar-refractivity contribution in [3.8, 4) is 0 Å². The van der Waals surface area contributed by atoms with E-state index in [0.29, 0.717) is 11.3 Å². The van der Waals surface area contributed by atoms with Crippen LogP contribution in [0.25, 0.3) is 0 Å². The molecule has 8 heteroatoms. The molecule has 0 aliphatic carbocycles. The third-order valence-electron chi connectivity index (χ3n) is 4.29. The van der Waals surface area contributed by atoms with E-state index in [4.69, 9.17) is 0 Å². The molecular weight excluding hydrogens is 350 g/mol. The third kappa shape index (κ3) is 5.04. The molecule has 0 saturated carbocycles. The van der Waals surface area contributed by atoms with E-state index in [2.05, 4.69) is 10.6 Å². The molecule has 0 heterocycles. The van der Waals surface area contributed by atoms with Gasteiger partial charge in [-0.25, -0.2) is 0 Å². The lowest BCUT2D eigenvalue weighted by Gasteiger charge is -2.25. The Morgan fingerprint density at radius 3 is 2.37 bits per heavy atom. The van der Waals surface area contributed by atoms with Crippen molar-refractivity contribution in [2.24, 2.45) is 0 Å². The average molecular weight is 371 g/mol. The molecule has 0 aliphatic heterocycles. The molecule has 3 N–H and O–H groups in total. The van der Waals surface area contributed by atoms with Crippen LogP contribution in [0.2, 0.25) is 0 Å². The number of para-hydroxylation sites is 2. The Bertz CT molecular complexity index is 825. The summed E-state index contributed by atoms with van der Waals surface area (Å²) in [4.78, 5) is 34.2. The number of rotatable bonds is 9. The van der Waals surface area contributed by atoms with Crippen molar-refractivity contribution in [3.63, 3.8) is 0 Å². The Morgan fingerprint density at radius 1 is 1.11 bits per heavy atom. The standard InChI is InChI=1S/C19H21N3O5/c1-19(18(24)25,14-7-3-2-4-8-14)13-21-17(23)11-12-20-15-9-5-6-10-16(15)22(26)27/h2-10,20H,11-13H2,1H3,(H,21,23)(H,24,25). The topological polar surface area (TPSA) is 122 Å². The molecule has 142 valence electrons. The number of hydrogen-bond acceptors (Lipinski definition) is 5. The van der Waals surface area contributed by atoms with Crippen molar-refractivity contribution in [2.45, 2.75) is 18.8 Å². The van der Waals surface area contributed by atoms with Crippen molar-refractivity contribution in [1.29, 1.82) is 0 Å². The Morgan fingerprint density at radius 2 is 1.74 bits per heavy atom. The Labute approximate surface area is 156 Å². The highest BCUT2D eigenvalue weighted by atomic mass is 16.6. The van der Waals surface area contributed by atoms with E-state index in [1.54, 1.807) is 55.5 Å². The number of nitro benzene ring substituents is 1. The molecule has 2 aromatic carbocycles. The van der Waals surface area contributed by atoms with E-state index in [0.717, 1.165) is 0 Å². The number of nitro groups is 1. The summed E-state index contributed by atoms with van der Waals surface area (Å²) in [7, 11) is 0. The lowest BCUT2D eigenvalue weighted by molar-refractivity contribution is -0.384. The minimum Gasteiger partial charge on any atom is -0.481 e. The zero-order valence-corrected chi connectivity index (χ0v) is 14.8. The Kier molecular flexibility index (Phi) is 6.48. The third-order valence-corrected chi connectivity index (χ3v) is 4.29. The van der Waals surface area contributed by atoms with Crippen LogP contribution in [0.4, 0.5) is 11.4 Å². The molecule has 0 aromatic heterocycles. The number of carboxylic acids is 1. The fourth-order valence-electron chi connectivity index (χ4n) is 2.56. The number of carbonyl (C=O) groups excluding carboxylic acids is 1. The first-order valence-electron chi connectivity index (χ1n) is 8.37. The monoisotopic (exact) mass is 371 g/mol. The van der Waals surface area contributed by atoms with Crippen LogP contribution in [0.3, 0.4) is 0 Å². The lowest BCUT2D eigenvalue weighted by atomic mass is 9.82. The van der Waals surface area contributed by atoms with Crippen LogP contribution < -0.4 is 10.6 Å². The van der Waals surface area contributed by atoms with Gasteiger partial charge in [0, 0.05) is 25.6 Å². The average Bonchev–Trinajstić information content (AvgIpc) is 2.67. The Balaban J connectivity index is 1.90. The summed E-state index contributed by atoms with van der Waals surface area (Å²) in [5, 5.41) is 26.0. The minimum absolute atomic E-state index is 0.0521. The van der Waals surface area contributed by atoms with Gasteiger partial charge in [0.1, 0.15) is 11.1 Å². The fourth-order valence-corrected chi connectivity index (χ4v) is 2.56. The molecule has 8 nitrogen and oxygen atoms in total. The molecule has 27 heavy (non-hydrogen) atoms. The molecule has 2 rings (SSSR count). The van der Waals surface area contributed by atoms with Gasteiger partial charge in [-0.3, -0.25) is 19.7 Å². The Hall–Kier alpha value is -3.42. The van der Waals surface area contributed by atoms with Crippen molar-refractivity contribution in [2.75, 3.05) is 18.4 Å². The van der Waals surface area contributed by atoms with Crippen LogP contribution in [0.5, 0.6) is 0 Å². The number of amides is 1. The zero-order valence-electron chi connectivity index (χ0n) is 14.8. The predicted octanol–water partition coefficient (Wildman–Crippen LogP) is 2.56. The van der Waals surface area contributed by atoms with Crippen LogP contribution in [-0.2, 0) is 15.0 Å². The van der Waals surface area contributed by atoms with Gasteiger partial charge in [0.25, 0.3) is 5.69 Å². The van der Waals surface area contributed by atoms with E-state index in [1.807, 2.05) is 0 Å². The van der Waals surface area contributed by atoms with Crippen molar-refractivity contribution in [3.05, 3.63) is 70.3 Å². The summed E-state index contributed by atoms with van der Waals surface area (Å²) in [6.45, 7) is 1.68. The van der Waals surface area contributed by atoms with E-state index in [-0.39, 0.29) is 31.1 Å². The molecule has 0 bridgehead atoms. The van der Waals surface area contributed by atoms with Crippen LogP contribution >= 0.6 is 0 Å². The molecule has 0 fully saturated rings. The predicted molar refractivity (Wildman–Crippen MR) is 101 cm³/mol. The molecule has 0 radical (unpaired) electrons. The van der Waals surface area contributed by atoms with Gasteiger partial charge < -0.3 is 15.7 Å². The first-order valence-corrected chi connectivity index (χ1v) is 8.37. The van der Waals surface area contributed by atoms with Crippen LogP contribution in [-0.4, -0.2) is 35.0 Å². The zero-order chi connectivity index (χ0) is 19.9. The molecule has 1 unspecified atom stereocenters. The van der Waals surface area contributed by atoms with Gasteiger partial charge in [-0.15, -0.1) is 0 Å². The molecule has 1 atom stereocenters. The maximum Gasteiger partial charge on any atom is 0.315 e. The number of hydrogen-bond donors (Lipinski definition) is 3. The number of anilines is 1. The quantitative estimate of drug-likeness (QED) is 0.460. The largest absolute Gasteiger partial charge is 0.481 e. The van der Waals surface area contributed by atoms with Gasteiger partial charge >= 0.3 is 5.97 Å². The van der Waals surface area contributed by atoms with Crippen molar-refractivity contribution in [1.82, 2.24) is 5.32 Å². The first-order chi connectivity index (χ1) is 12.8. The maximum atomic E-state index is 12.1. The first kappa shape index (κ1) is 19.9. The number of nitrogens with zero attached hydrogens (tertiary/aromatic N) is 1. The van der Waals surface area contributed by atoms with Crippen LogP contribution in [0.15, 0.2) is 54.6 Å². The van der Waals surface area contributed by atoms with Crippen LogP contribution in [0, 0.1) is 10.1 Å². The van der Waals surface area contributed by atoms with E-state index >= 15 is 0 Å². The highest BCUT2D eigenvalue weighted by Crippen LogP contribution is 2.24. The highest BCUT2D eigenvalue weighted by molar-refractivity contribution is 5.83. The maximum absolute atomic E-state index is 12.1. The van der Waals surface area contributed by atoms with E-state index in [9.17, 15) is 24.8 Å². The summed E-state index contributed by atoms with van der Waals surface area (Å²) in [6, 6.07) is 14.9. The van der Waals surface area contributed by atoms with Gasteiger partial charge in [-0.2, -0.15) is 0 Å². The normalized spacial score (nSPS) is 12.6. The summed E-state index contributed by atoms with van der Waals surface area (Å²) in [5.74, 6) is -1.38. The minimum atomic E-state index is -1.25. The number of benzene rings is 2. The summed E-state index contributed by atoms with van der Waals surface area (Å²) < 4.78 is 0. The lowest BCUT2D eigenvalue weighted by Crippen LogP contribution is -2.44. The second-order valence-electron chi connectivity index (χ2n) is 6.23. The summed E-state index contributed by atoms with van der Waals surface area (Å²) in [6.07, 6.45) is 0.0521. The molecule has 2 aromatic rings. The smallest absolute Gasteiger partial charge is 0.315 e. The van der Waals surface area contributed by atoms with Gasteiger partial charge in [-0.1, -0.05) is 42.5 Å². The van der Waals surface area contributed by atoms with Crippen LogP contribution in [0.1, 0.15) is 18.9 Å². The highest BCUT2D eigenvalue weighted by Gasteiger charge is 2.35. The van der Waals surface area contributed by atoms with Gasteiger partial charge in [0.15, 0.2) is 0 Å². The summed E-state index contributed by atoms with van der Waals surface area (Å²) in [5.41, 5.74) is -0.394. The van der Waals surface area contributed by atoms with Gasteiger partial charge in [-0.05, 0) is 18.6 Å². The SMILES string of the molecule is CC(CNC(=O)CCNc1ccccc1[N+](=O)[O-])(C(=O)O)c1ccccc1. The van der Waals surface area contributed by atoms with Gasteiger partial charge in [0.05, 0.1) is 4.92 Å². The van der Waals surface area contributed by atoms with Crippen molar-refractivity contribution >= 4 is 23.3 Å². The second-order valence-corrected chi connectivity index (χ2v) is 6.23. The second kappa shape index (κ2) is 8.79. The number of aliphatic carboxylic acids is 1. The van der Waals surface area contributed by atoms with Crippen molar-refractivity contribution < 1.29 is 19.6 Å². The molecule has 1 amide bonds. The van der Waals surface area contributed by atoms with E-state index < -0.39 is 16.3 Å². The number of carboxylic acid groups (broad SMARTS) is 1. The molecule has 0 saturated heterocycles. The van der Waals surface area contributed by atoms with E-state index in [1.165, 1.54) is 6.07 Å². The molecule has 0 spiro atoms. The molecule has 0 aliphatic rings. The fraction of sp³-hybridized carbons (Fsp3) is 0.263. The number of nitrogens with one attached hydrogen (secondary N) is 2. The van der Waals surface area contributed by atoms with Gasteiger partial charge in [0.2, 0.25) is 5.91 Å². The number of carbonyl (C=O) groups is 2.